The van der Waals surface area contributed by atoms with E-state index in [4.69, 9.17) is 29.2 Å². The summed E-state index contributed by atoms with van der Waals surface area (Å²) in [7, 11) is 4.06. The van der Waals surface area contributed by atoms with Crippen molar-refractivity contribution in [1.82, 2.24) is 62.8 Å². The number of aryl methyl sites for hydroxylation is 3. The molecule has 12 heterocycles. The predicted octanol–water partition coefficient (Wildman–Crippen LogP) is 12.5. The number of halogens is 3. The van der Waals surface area contributed by atoms with Crippen LogP contribution in [0.2, 0.25) is 0 Å². The molecule has 0 bridgehead atoms. The van der Waals surface area contributed by atoms with Gasteiger partial charge < -0.3 is 40.2 Å². The van der Waals surface area contributed by atoms with Gasteiger partial charge in [-0.05, 0) is 118 Å². The van der Waals surface area contributed by atoms with E-state index in [2.05, 4.69) is 118 Å². The SMILES string of the molecule is CC1CCN(Cc2ccc(-c3cnc(NCc4c(F)ccc5c4CCO5)n4cc(C#N)nc34)cc2)C1.Cc1cn2c(NCc3c(F)ccc4c3CCO4)ncc(-c3ccc(CN(C)C)nc3C)c2n1.Cc1cn2c(NCc3c(F)ccc4c3CCO4)ncc(-c3ccc(CN4CC(O)C4)cc3)c2n1. The maximum absolute atomic E-state index is 14.6. The number of fused-ring (bicyclic) bond motifs is 6. The fraction of sp³-hybridized carbons (Fsp3) is 0.316. The van der Waals surface area contributed by atoms with Gasteiger partial charge in [0, 0.05) is 170 Å². The van der Waals surface area contributed by atoms with Crippen LogP contribution in [0.25, 0.3) is 50.3 Å². The lowest BCUT2D eigenvalue weighted by molar-refractivity contribution is -0.00286. The molecule has 2 saturated heterocycles. The summed E-state index contributed by atoms with van der Waals surface area (Å²) >= 11 is 0. The van der Waals surface area contributed by atoms with Gasteiger partial charge in [0.25, 0.3) is 0 Å². The van der Waals surface area contributed by atoms with E-state index < -0.39 is 0 Å². The molecule has 7 aromatic heterocycles. The Morgan fingerprint density at radius 1 is 0.534 bits per heavy atom. The van der Waals surface area contributed by atoms with Gasteiger partial charge in [0.05, 0.1) is 49.2 Å². The van der Waals surface area contributed by atoms with E-state index in [1.54, 1.807) is 35.0 Å². The number of likely N-dealkylation sites (tertiary alicyclic amines) is 2. The van der Waals surface area contributed by atoms with E-state index in [-0.39, 0.29) is 30.1 Å². The van der Waals surface area contributed by atoms with Crippen LogP contribution in [-0.2, 0) is 58.5 Å². The van der Waals surface area contributed by atoms with Crippen molar-refractivity contribution in [2.75, 3.05) is 76.0 Å². The average molecular weight is 1390 g/mol. The van der Waals surface area contributed by atoms with Gasteiger partial charge in [0.15, 0.2) is 11.3 Å². The third kappa shape index (κ3) is 14.4. The van der Waals surface area contributed by atoms with E-state index in [0.717, 1.165) is 153 Å². The van der Waals surface area contributed by atoms with Crippen molar-refractivity contribution < 1.29 is 32.5 Å². The highest BCUT2D eigenvalue weighted by Gasteiger charge is 2.27. The Labute approximate surface area is 594 Å². The van der Waals surface area contributed by atoms with Gasteiger partial charge in [-0.3, -0.25) is 28.0 Å². The summed E-state index contributed by atoms with van der Waals surface area (Å²) in [5.74, 6) is 4.00. The van der Waals surface area contributed by atoms with E-state index >= 15 is 0 Å². The highest BCUT2D eigenvalue weighted by Crippen LogP contribution is 2.37. The second-order valence-corrected chi connectivity index (χ2v) is 27.5. The number of nitriles is 1. The zero-order valence-electron chi connectivity index (χ0n) is 58.4. The summed E-state index contributed by atoms with van der Waals surface area (Å²) in [5, 5.41) is 28.8. The molecule has 0 saturated carbocycles. The maximum atomic E-state index is 14.6. The number of ether oxygens (including phenoxy) is 3. The van der Waals surface area contributed by atoms with Gasteiger partial charge >= 0.3 is 0 Å². The second kappa shape index (κ2) is 29.2. The van der Waals surface area contributed by atoms with Crippen LogP contribution >= 0.6 is 0 Å². The van der Waals surface area contributed by atoms with Crippen molar-refractivity contribution >= 4 is 34.8 Å². The number of nitrogens with one attached hydrogen (secondary N) is 3. The van der Waals surface area contributed by atoms with Crippen LogP contribution in [0.3, 0.4) is 0 Å². The number of hydrogen-bond donors (Lipinski definition) is 4. The van der Waals surface area contributed by atoms with Gasteiger partial charge in [-0.25, -0.2) is 43.1 Å². The number of pyridine rings is 1. The molecule has 1 atom stereocenters. The first kappa shape index (κ1) is 67.8. The predicted molar refractivity (Wildman–Crippen MR) is 388 cm³/mol. The minimum atomic E-state index is -0.272. The van der Waals surface area contributed by atoms with Crippen LogP contribution in [0.15, 0.2) is 134 Å². The number of nitrogens with zero attached hydrogens (tertiary/aromatic N) is 14. The van der Waals surface area contributed by atoms with Crippen molar-refractivity contribution in [3.05, 3.63) is 225 Å². The molecule has 103 heavy (non-hydrogen) atoms. The van der Waals surface area contributed by atoms with Gasteiger partial charge in [0.2, 0.25) is 17.8 Å². The van der Waals surface area contributed by atoms with Crippen LogP contribution in [0.4, 0.5) is 31.0 Å². The molecule has 0 aliphatic carbocycles. The Morgan fingerprint density at radius 2 is 0.981 bits per heavy atom. The number of imidazole rings is 3. The lowest BCUT2D eigenvalue weighted by atomic mass is 10.0. The molecule has 0 amide bonds. The molecule has 5 aliphatic rings. The number of rotatable bonds is 18. The number of anilines is 3. The van der Waals surface area contributed by atoms with Gasteiger partial charge in [-0.1, -0.05) is 61.5 Å². The number of aliphatic hydroxyl groups is 1. The molecule has 5 aromatic carbocycles. The molecule has 24 heteroatoms. The summed E-state index contributed by atoms with van der Waals surface area (Å²) in [6.07, 6.45) is 14.1. The molecular weight excluding hydrogens is 1310 g/mol. The lowest BCUT2D eigenvalue weighted by Gasteiger charge is -2.35. The van der Waals surface area contributed by atoms with Crippen molar-refractivity contribution in [3.63, 3.8) is 0 Å². The third-order valence-electron chi connectivity index (χ3n) is 19.6. The van der Waals surface area contributed by atoms with Gasteiger partial charge in [-0.2, -0.15) is 5.26 Å². The quantitative estimate of drug-likeness (QED) is 0.0627. The normalized spacial score (nSPS) is 15.4. The van der Waals surface area contributed by atoms with E-state index in [1.165, 1.54) is 35.7 Å². The summed E-state index contributed by atoms with van der Waals surface area (Å²) < 4.78 is 66.1. The smallest absolute Gasteiger partial charge is 0.208 e. The minimum absolute atomic E-state index is 0.193. The number of aliphatic hydroxyl groups excluding tert-OH is 1. The molecule has 526 valence electrons. The summed E-state index contributed by atoms with van der Waals surface area (Å²) in [5.41, 5.74) is 19.0. The van der Waals surface area contributed by atoms with E-state index in [0.29, 0.717) is 98.0 Å². The number of β-amino-alcohol motifs (C(OH)–C–C–N with tert-alkyl or cyclic N) is 1. The first-order chi connectivity index (χ1) is 50.0. The Kier molecular flexibility index (Phi) is 19.2. The van der Waals surface area contributed by atoms with Crippen molar-refractivity contribution in [2.45, 2.75) is 98.8 Å². The molecule has 0 spiro atoms. The first-order valence-electron chi connectivity index (χ1n) is 35.0. The van der Waals surface area contributed by atoms with Crippen molar-refractivity contribution in [1.29, 1.82) is 5.26 Å². The van der Waals surface area contributed by atoms with Crippen LogP contribution in [-0.4, -0.2) is 134 Å². The van der Waals surface area contributed by atoms with Crippen molar-refractivity contribution in [3.8, 4) is 56.7 Å². The second-order valence-electron chi connectivity index (χ2n) is 27.5. The van der Waals surface area contributed by atoms with Crippen molar-refractivity contribution in [2.24, 2.45) is 5.92 Å². The molecule has 4 N–H and O–H groups in total. The van der Waals surface area contributed by atoms with Crippen LogP contribution in [0.1, 0.15) is 86.3 Å². The van der Waals surface area contributed by atoms with E-state index in [1.807, 2.05) is 74.5 Å². The Bertz CT molecular complexity index is 5200. The molecule has 5 aliphatic heterocycles. The zero-order valence-corrected chi connectivity index (χ0v) is 58.4. The minimum Gasteiger partial charge on any atom is -0.493 e. The summed E-state index contributed by atoms with van der Waals surface area (Å²) in [4.78, 5) is 39.5. The topological polar surface area (TPSA) is 221 Å². The molecule has 1 unspecified atom stereocenters. The fourth-order valence-electron chi connectivity index (χ4n) is 14.5. The van der Waals surface area contributed by atoms with Gasteiger partial charge in [-0.15, -0.1) is 0 Å². The zero-order chi connectivity index (χ0) is 71.0. The summed E-state index contributed by atoms with van der Waals surface area (Å²) in [6, 6.07) is 32.5. The Hall–Kier alpha value is -11.0. The molecule has 0 radical (unpaired) electrons. The fourth-order valence-corrected chi connectivity index (χ4v) is 14.5. The molecule has 2 fully saturated rings. The number of benzene rings is 5. The highest BCUT2D eigenvalue weighted by atomic mass is 19.1. The third-order valence-corrected chi connectivity index (χ3v) is 19.6. The average Bonchev–Trinajstić information content (AvgIpc) is 1.29. The molecule has 12 aromatic rings. The highest BCUT2D eigenvalue weighted by molar-refractivity contribution is 5.81. The first-order valence-corrected chi connectivity index (χ1v) is 35.0. The van der Waals surface area contributed by atoms with Crippen LogP contribution in [0.5, 0.6) is 17.2 Å². The largest absolute Gasteiger partial charge is 0.493 e. The molecular formula is C79H80F3N17O4. The lowest BCUT2D eigenvalue weighted by Crippen LogP contribution is -2.49. The molecule has 17 rings (SSSR count). The van der Waals surface area contributed by atoms with Crippen LogP contribution < -0.4 is 30.2 Å². The molecule has 21 nitrogen and oxygen atoms in total. The number of aromatic nitrogens is 10. The standard InChI is InChI=1S/C28H27FN6O.C26H26FN5O2.C25H27FN6O/c1-18-8-10-34(15-18)16-19-2-4-20(5-3-19)23-13-31-28(35-17-21(12-30)33-27(23)35)32-14-24-22-9-11-36-26(22)7-6-25(24)29;1-16-12-32-25(30-16)21(18-4-2-17(3-5-18)13-31-14-19(33)15-31)10-28-26(32)29-11-22-20-8-9-34-24(20)7-6-23(22)27;1-15-13-32-24(29-15)21(18-6-5-17(14-31(3)4)30-16(18)2)12-28-25(32)27-11-20-19-9-10-33-23(19)8-7-22(20)26/h2-7,13,17-18H,8-11,14-16H2,1H3,(H,31,32);2-7,10,12,19,33H,8-9,11,13-15H2,1H3,(H,28,29);5-8,12-13H,9-11,14H2,1-4H3,(H,27,28). The van der Waals surface area contributed by atoms with E-state index in [9.17, 15) is 23.5 Å². The maximum Gasteiger partial charge on any atom is 0.208 e. The Balaban J connectivity index is 0.000000125. The monoisotopic (exact) mass is 1390 g/mol. The van der Waals surface area contributed by atoms with Crippen LogP contribution in [0, 0.1) is 55.5 Å². The van der Waals surface area contributed by atoms with Gasteiger partial charge in [0.1, 0.15) is 52.1 Å². The Morgan fingerprint density at radius 3 is 1.42 bits per heavy atom. The summed E-state index contributed by atoms with van der Waals surface area (Å²) in [6.45, 7) is 17.2. The number of hydrogen-bond acceptors (Lipinski definition) is 18.